The fourth-order valence-corrected chi connectivity index (χ4v) is 0.523. The first kappa shape index (κ1) is 13.6. The summed E-state index contributed by atoms with van der Waals surface area (Å²) in [5.41, 5.74) is 0. The van der Waals surface area contributed by atoms with Crippen molar-refractivity contribution in [1.82, 2.24) is 0 Å². The quantitative estimate of drug-likeness (QED) is 0.280. The molecule has 0 bridgehead atoms. The van der Waals surface area contributed by atoms with Crippen LogP contribution in [-0.2, 0) is 19.6 Å². The fourth-order valence-electron chi connectivity index (χ4n) is 0.242. The second-order valence-electron chi connectivity index (χ2n) is 1.57. The molecule has 0 saturated carbocycles. The van der Waals surface area contributed by atoms with Crippen molar-refractivity contribution >= 4 is 16.1 Å². The van der Waals surface area contributed by atoms with Crippen molar-refractivity contribution in [3.63, 3.8) is 0 Å². The van der Waals surface area contributed by atoms with Crippen molar-refractivity contribution in [3.8, 4) is 0 Å². The summed E-state index contributed by atoms with van der Waals surface area (Å²) in [7, 11) is -4.17. The van der Waals surface area contributed by atoms with Gasteiger partial charge in [0.15, 0.2) is 0 Å². The van der Waals surface area contributed by atoms with E-state index in [1.807, 2.05) is 0 Å². The Kier molecular flexibility index (Phi) is 6.91. The van der Waals surface area contributed by atoms with Crippen molar-refractivity contribution in [3.05, 3.63) is 0 Å². The van der Waals surface area contributed by atoms with Gasteiger partial charge in [-0.25, -0.2) is 0 Å². The van der Waals surface area contributed by atoms with Crippen molar-refractivity contribution in [2.75, 3.05) is 5.94 Å². The van der Waals surface area contributed by atoms with Gasteiger partial charge in [-0.15, -0.1) is 0 Å². The number of hydrogen-bond acceptors (Lipinski definition) is 4. The number of rotatable bonds is 3. The number of ether oxygens (including phenoxy) is 1. The summed E-state index contributed by atoms with van der Waals surface area (Å²) in [6.45, 7) is 1.52. The molecule has 0 aliphatic heterocycles. The van der Waals surface area contributed by atoms with Crippen LogP contribution in [-0.4, -0.2) is 24.9 Å². The minimum atomic E-state index is -4.17. The molecule has 1 N–H and O–H groups in total. The molecule has 0 atom stereocenters. The van der Waals surface area contributed by atoms with Crippen molar-refractivity contribution in [1.29, 1.82) is 0 Å². The van der Waals surface area contributed by atoms with Crippen LogP contribution >= 0.6 is 0 Å². The topological polar surface area (TPSA) is 80.7 Å². The molecule has 0 fully saturated rings. The van der Waals surface area contributed by atoms with Gasteiger partial charge in [-0.05, 0) is 0 Å². The average Bonchev–Trinajstić information content (AvgIpc) is 1.81. The van der Waals surface area contributed by atoms with E-state index >= 15 is 0 Å². The molecule has 5 nitrogen and oxygen atoms in total. The molecule has 7 heteroatoms. The van der Waals surface area contributed by atoms with Crippen LogP contribution in [0.4, 0.5) is 0 Å². The van der Waals surface area contributed by atoms with E-state index in [9.17, 15) is 13.2 Å². The van der Waals surface area contributed by atoms with Gasteiger partial charge in [-0.1, -0.05) is 6.92 Å². The van der Waals surface area contributed by atoms with Crippen molar-refractivity contribution in [2.24, 2.45) is 0 Å². The van der Waals surface area contributed by atoms with Crippen LogP contribution in [0.5, 0.6) is 0 Å². The van der Waals surface area contributed by atoms with Crippen LogP contribution in [0, 0.1) is 0 Å². The third-order valence-electron chi connectivity index (χ3n) is 0.658. The van der Waals surface area contributed by atoms with Gasteiger partial charge in [0.25, 0.3) is 0 Å². The van der Waals surface area contributed by atoms with Crippen LogP contribution in [0.2, 0.25) is 0 Å². The summed E-state index contributed by atoms with van der Waals surface area (Å²) in [6, 6.07) is 0. The first-order valence-corrected chi connectivity index (χ1v) is 4.17. The number of esters is 1. The molecule has 0 aliphatic carbocycles. The maximum Gasteiger partial charge on any atom is 1.00 e. The largest absolute Gasteiger partial charge is 1.00 e. The van der Waals surface area contributed by atoms with Gasteiger partial charge in [0.1, 0.15) is 0 Å². The summed E-state index contributed by atoms with van der Waals surface area (Å²) in [5, 5.41) is 0. The van der Waals surface area contributed by atoms with Crippen LogP contribution < -0.4 is 18.9 Å². The Balaban J connectivity index is -0.000000405. The van der Waals surface area contributed by atoms with Crippen LogP contribution in [0.1, 0.15) is 14.8 Å². The van der Waals surface area contributed by atoms with Gasteiger partial charge in [0.05, 0.1) is 0 Å². The number of carbonyl (C=O) groups excluding carboxylic acids is 1. The predicted molar refractivity (Wildman–Crippen MR) is 33.9 cm³/mol. The Morgan fingerprint density at radius 1 is 1.64 bits per heavy atom. The molecule has 0 aliphatic rings. The minimum absolute atomic E-state index is 0. The standard InChI is InChI=1S/C4H8O5S.Li.H/c1-2-4(5)9-3-10(6,7)8;;/h2-3H2,1H3,(H,6,7,8);;/q;+1;-1. The zero-order chi connectivity index (χ0) is 8.20. The first-order valence-electron chi connectivity index (χ1n) is 2.56. The normalized spacial score (nSPS) is 10.0. The van der Waals surface area contributed by atoms with Crippen molar-refractivity contribution in [2.45, 2.75) is 13.3 Å². The Hall–Kier alpha value is -0.0226. The number of hydrogen-bond donors (Lipinski definition) is 1. The van der Waals surface area contributed by atoms with Gasteiger partial charge in [0, 0.05) is 6.42 Å². The Labute approximate surface area is 78.5 Å². The van der Waals surface area contributed by atoms with Gasteiger partial charge < -0.3 is 6.16 Å². The summed E-state index contributed by atoms with van der Waals surface area (Å²) in [6.07, 6.45) is 0.0928. The van der Waals surface area contributed by atoms with E-state index < -0.39 is 22.0 Å². The van der Waals surface area contributed by atoms with Gasteiger partial charge in [0.2, 0.25) is 5.94 Å². The van der Waals surface area contributed by atoms with E-state index in [1.165, 1.54) is 6.92 Å². The monoisotopic (exact) mass is 176 g/mol. The molecule has 62 valence electrons. The predicted octanol–water partition coefficient (Wildman–Crippen LogP) is -3.10. The van der Waals surface area contributed by atoms with Gasteiger partial charge >= 0.3 is 34.9 Å². The molecule has 0 aromatic heterocycles. The summed E-state index contributed by atoms with van der Waals surface area (Å²) >= 11 is 0. The minimum Gasteiger partial charge on any atom is -1.00 e. The van der Waals surface area contributed by atoms with E-state index in [1.54, 1.807) is 0 Å². The third-order valence-corrected chi connectivity index (χ3v) is 1.07. The molecule has 0 spiro atoms. The Bertz CT molecular complexity index is 213. The SMILES string of the molecule is CCC(=O)OCS(=O)(=O)O.[H-].[Li+]. The van der Waals surface area contributed by atoms with E-state index in [4.69, 9.17) is 4.55 Å². The third kappa shape index (κ3) is 9.98. The molecule has 0 aromatic rings. The van der Waals surface area contributed by atoms with Crippen LogP contribution in [0.15, 0.2) is 0 Å². The number of carbonyl (C=O) groups is 1. The zero-order valence-corrected chi connectivity index (χ0v) is 7.22. The maximum atomic E-state index is 10.3. The Morgan fingerprint density at radius 2 is 2.09 bits per heavy atom. The average molecular weight is 176 g/mol. The molecular formula is C4H9LiO5S. The van der Waals surface area contributed by atoms with E-state index in [-0.39, 0.29) is 26.7 Å². The van der Waals surface area contributed by atoms with Crippen LogP contribution in [0.3, 0.4) is 0 Å². The molecule has 0 amide bonds. The second-order valence-corrected chi connectivity index (χ2v) is 2.97. The second kappa shape index (κ2) is 5.61. The molecule has 0 rings (SSSR count). The fraction of sp³-hybridized carbons (Fsp3) is 0.750. The van der Waals surface area contributed by atoms with Crippen molar-refractivity contribution < 1.29 is 42.8 Å². The van der Waals surface area contributed by atoms with Gasteiger partial charge in [-0.2, -0.15) is 8.42 Å². The zero-order valence-electron chi connectivity index (χ0n) is 7.40. The summed E-state index contributed by atoms with van der Waals surface area (Å²) in [4.78, 5) is 10.3. The molecule has 0 aromatic carbocycles. The molecule has 0 saturated heterocycles. The molecule has 0 radical (unpaired) electrons. The van der Waals surface area contributed by atoms with Crippen LogP contribution in [0.25, 0.3) is 0 Å². The summed E-state index contributed by atoms with van der Waals surface area (Å²) < 4.78 is 32.0. The Morgan fingerprint density at radius 3 is 2.36 bits per heavy atom. The first-order chi connectivity index (χ1) is 4.45. The van der Waals surface area contributed by atoms with E-state index in [2.05, 4.69) is 4.74 Å². The molecular weight excluding hydrogens is 167 g/mol. The van der Waals surface area contributed by atoms with E-state index in [0.717, 1.165) is 0 Å². The smallest absolute Gasteiger partial charge is 1.00 e. The molecule has 0 unspecified atom stereocenters. The molecule has 0 heterocycles. The van der Waals surface area contributed by atoms with Gasteiger partial charge in [-0.3, -0.25) is 9.35 Å². The summed E-state index contributed by atoms with van der Waals surface area (Å²) in [5.74, 6) is -1.61. The van der Waals surface area contributed by atoms with E-state index in [0.29, 0.717) is 0 Å². The maximum absolute atomic E-state index is 10.3. The molecule has 11 heavy (non-hydrogen) atoms.